The smallest absolute Gasteiger partial charge is 0.259 e. The van der Waals surface area contributed by atoms with Crippen molar-refractivity contribution >= 4 is 17.5 Å². The molecule has 0 bridgehead atoms. The zero-order chi connectivity index (χ0) is 15.7. The fourth-order valence-electron chi connectivity index (χ4n) is 2.66. The molecule has 6 heteroatoms. The lowest BCUT2D eigenvalue weighted by molar-refractivity contribution is -0.0229. The first-order chi connectivity index (χ1) is 10.6. The van der Waals surface area contributed by atoms with Gasteiger partial charge in [-0.2, -0.15) is 0 Å². The van der Waals surface area contributed by atoms with E-state index < -0.39 is 0 Å². The number of benzene rings is 1. The van der Waals surface area contributed by atoms with Crippen LogP contribution < -0.4 is 0 Å². The minimum absolute atomic E-state index is 0.0569. The van der Waals surface area contributed by atoms with E-state index in [2.05, 4.69) is 5.16 Å². The summed E-state index contributed by atoms with van der Waals surface area (Å²) in [5.74, 6) is 0.496. The first kappa shape index (κ1) is 15.1. The van der Waals surface area contributed by atoms with Gasteiger partial charge in [0.05, 0.1) is 18.8 Å². The van der Waals surface area contributed by atoms with E-state index in [-0.39, 0.29) is 12.0 Å². The summed E-state index contributed by atoms with van der Waals surface area (Å²) in [7, 11) is 0. The summed E-state index contributed by atoms with van der Waals surface area (Å²) in [5.41, 5.74) is 2.19. The largest absolute Gasteiger partial charge is 0.370 e. The van der Waals surface area contributed by atoms with Crippen LogP contribution in [0.1, 0.15) is 33.5 Å². The third-order valence-corrected chi connectivity index (χ3v) is 4.09. The van der Waals surface area contributed by atoms with E-state index in [0.717, 1.165) is 5.56 Å². The molecule has 3 rings (SSSR count). The fraction of sp³-hybridized carbons (Fsp3) is 0.375. The number of carbonyl (C=O) groups excluding carboxylic acids is 1. The number of ether oxygens (including phenoxy) is 1. The number of hydrogen-bond donors (Lipinski definition) is 0. The molecule has 1 fully saturated rings. The van der Waals surface area contributed by atoms with Crippen molar-refractivity contribution in [1.29, 1.82) is 0 Å². The van der Waals surface area contributed by atoms with Crippen molar-refractivity contribution in [2.24, 2.45) is 0 Å². The molecule has 1 aromatic heterocycles. The fourth-order valence-corrected chi connectivity index (χ4v) is 2.79. The van der Waals surface area contributed by atoms with Crippen molar-refractivity contribution in [2.75, 3.05) is 19.7 Å². The molecule has 0 spiro atoms. The van der Waals surface area contributed by atoms with E-state index in [1.165, 1.54) is 0 Å². The van der Waals surface area contributed by atoms with Gasteiger partial charge in [-0.1, -0.05) is 28.9 Å². The number of aryl methyl sites for hydroxylation is 2. The zero-order valence-electron chi connectivity index (χ0n) is 12.5. The molecule has 1 saturated heterocycles. The Hall–Kier alpha value is -1.85. The molecule has 1 aliphatic rings. The minimum atomic E-state index is -0.143. The van der Waals surface area contributed by atoms with E-state index in [0.29, 0.717) is 41.7 Å². The molecule has 1 aliphatic heterocycles. The molecule has 0 N–H and O–H groups in total. The lowest BCUT2D eigenvalue weighted by atomic mass is 10.1. The van der Waals surface area contributed by atoms with Gasteiger partial charge < -0.3 is 14.2 Å². The third kappa shape index (κ3) is 2.87. The summed E-state index contributed by atoms with van der Waals surface area (Å²) in [4.78, 5) is 14.5. The number of amides is 1. The summed E-state index contributed by atoms with van der Waals surface area (Å²) in [5, 5.41) is 4.53. The number of hydrogen-bond acceptors (Lipinski definition) is 4. The topological polar surface area (TPSA) is 55.6 Å². The lowest BCUT2D eigenvalue weighted by Gasteiger charge is -2.33. The molecular formula is C16H17ClN2O3. The molecule has 1 unspecified atom stereocenters. The van der Waals surface area contributed by atoms with Gasteiger partial charge in [-0.15, -0.1) is 0 Å². The highest BCUT2D eigenvalue weighted by Crippen LogP contribution is 2.25. The Bertz CT molecular complexity index is 662. The maximum absolute atomic E-state index is 12.7. The van der Waals surface area contributed by atoms with Gasteiger partial charge in [0.2, 0.25) is 0 Å². The molecule has 1 atom stereocenters. The van der Waals surface area contributed by atoms with Gasteiger partial charge >= 0.3 is 0 Å². The summed E-state index contributed by atoms with van der Waals surface area (Å²) in [6, 6.07) is 7.51. The second-order valence-electron chi connectivity index (χ2n) is 5.36. The van der Waals surface area contributed by atoms with Gasteiger partial charge in [-0.3, -0.25) is 4.79 Å². The van der Waals surface area contributed by atoms with E-state index in [9.17, 15) is 4.79 Å². The Balaban J connectivity index is 1.78. The SMILES string of the molecule is Cc1noc(C)c1C(=O)N1CCOC(c2ccc(Cl)cc2)C1. The van der Waals surface area contributed by atoms with Gasteiger partial charge in [0.15, 0.2) is 0 Å². The molecule has 0 radical (unpaired) electrons. The second kappa shape index (κ2) is 6.10. The van der Waals surface area contributed by atoms with Crippen LogP contribution in [0.15, 0.2) is 28.8 Å². The van der Waals surface area contributed by atoms with Crippen LogP contribution in [0.3, 0.4) is 0 Å². The summed E-state index contributed by atoms with van der Waals surface area (Å²) in [6.07, 6.45) is -0.143. The van der Waals surface area contributed by atoms with Crippen LogP contribution in [0.5, 0.6) is 0 Å². The predicted molar refractivity (Wildman–Crippen MR) is 82.0 cm³/mol. The summed E-state index contributed by atoms with van der Waals surface area (Å²) in [6.45, 7) is 5.10. The van der Waals surface area contributed by atoms with E-state index in [4.69, 9.17) is 20.9 Å². The van der Waals surface area contributed by atoms with Gasteiger partial charge in [0.25, 0.3) is 5.91 Å². The van der Waals surface area contributed by atoms with Crippen LogP contribution >= 0.6 is 11.6 Å². The molecule has 5 nitrogen and oxygen atoms in total. The normalized spacial score (nSPS) is 18.5. The molecule has 0 aliphatic carbocycles. The number of aromatic nitrogens is 1. The molecule has 1 amide bonds. The van der Waals surface area contributed by atoms with E-state index in [1.54, 1.807) is 18.7 Å². The predicted octanol–water partition coefficient (Wildman–Crippen LogP) is 3.16. The van der Waals surface area contributed by atoms with E-state index >= 15 is 0 Å². The molecule has 22 heavy (non-hydrogen) atoms. The molecule has 2 aromatic rings. The summed E-state index contributed by atoms with van der Waals surface area (Å²) >= 11 is 5.91. The van der Waals surface area contributed by atoms with Crippen LogP contribution in [0.25, 0.3) is 0 Å². The Morgan fingerprint density at radius 2 is 2.05 bits per heavy atom. The number of nitrogens with zero attached hydrogens (tertiary/aromatic N) is 2. The third-order valence-electron chi connectivity index (χ3n) is 3.84. The van der Waals surface area contributed by atoms with Crippen LogP contribution in [-0.2, 0) is 4.74 Å². The Morgan fingerprint density at radius 3 is 2.68 bits per heavy atom. The molecular weight excluding hydrogens is 304 g/mol. The Morgan fingerprint density at radius 1 is 1.32 bits per heavy atom. The highest BCUT2D eigenvalue weighted by atomic mass is 35.5. The first-order valence-corrected chi connectivity index (χ1v) is 7.53. The number of rotatable bonds is 2. The number of carbonyl (C=O) groups is 1. The monoisotopic (exact) mass is 320 g/mol. The van der Waals surface area contributed by atoms with Crippen LogP contribution in [-0.4, -0.2) is 35.7 Å². The Kier molecular flexibility index (Phi) is 4.18. The van der Waals surface area contributed by atoms with Crippen LogP contribution in [0.4, 0.5) is 0 Å². The van der Waals surface area contributed by atoms with Crippen molar-refractivity contribution in [3.63, 3.8) is 0 Å². The summed E-state index contributed by atoms with van der Waals surface area (Å²) < 4.78 is 10.9. The van der Waals surface area contributed by atoms with Gasteiger partial charge in [-0.25, -0.2) is 0 Å². The number of morpholine rings is 1. The average molecular weight is 321 g/mol. The quantitative estimate of drug-likeness (QED) is 0.853. The number of halogens is 1. The highest BCUT2D eigenvalue weighted by Gasteiger charge is 2.29. The maximum atomic E-state index is 12.7. The van der Waals surface area contributed by atoms with Gasteiger partial charge in [0.1, 0.15) is 17.4 Å². The minimum Gasteiger partial charge on any atom is -0.370 e. The molecule has 0 saturated carbocycles. The second-order valence-corrected chi connectivity index (χ2v) is 5.80. The van der Waals surface area contributed by atoms with Gasteiger partial charge in [-0.05, 0) is 31.5 Å². The standard InChI is InChI=1S/C16H17ClN2O3/c1-10-15(11(2)22-18-10)16(20)19-7-8-21-14(9-19)12-3-5-13(17)6-4-12/h3-6,14H,7-9H2,1-2H3. The van der Waals surface area contributed by atoms with Crippen LogP contribution in [0.2, 0.25) is 5.02 Å². The van der Waals surface area contributed by atoms with Crippen molar-refractivity contribution in [1.82, 2.24) is 10.1 Å². The van der Waals surface area contributed by atoms with Crippen LogP contribution in [0, 0.1) is 13.8 Å². The average Bonchev–Trinajstić information content (AvgIpc) is 2.86. The Labute approximate surface area is 133 Å². The van der Waals surface area contributed by atoms with Gasteiger partial charge in [0, 0.05) is 11.6 Å². The first-order valence-electron chi connectivity index (χ1n) is 7.15. The molecule has 2 heterocycles. The maximum Gasteiger partial charge on any atom is 0.259 e. The molecule has 1 aromatic carbocycles. The highest BCUT2D eigenvalue weighted by molar-refractivity contribution is 6.30. The van der Waals surface area contributed by atoms with E-state index in [1.807, 2.05) is 24.3 Å². The van der Waals surface area contributed by atoms with Crippen molar-refractivity contribution < 1.29 is 14.1 Å². The zero-order valence-corrected chi connectivity index (χ0v) is 13.3. The van der Waals surface area contributed by atoms with Crippen molar-refractivity contribution in [3.8, 4) is 0 Å². The molecule has 116 valence electrons. The van der Waals surface area contributed by atoms with Crippen molar-refractivity contribution in [3.05, 3.63) is 51.9 Å². The van der Waals surface area contributed by atoms with Crippen molar-refractivity contribution in [2.45, 2.75) is 20.0 Å². The lowest BCUT2D eigenvalue weighted by Crippen LogP contribution is -2.42.